The highest BCUT2D eigenvalue weighted by molar-refractivity contribution is 5.76. The minimum Gasteiger partial charge on any atom is -0.370 e. The Morgan fingerprint density at radius 3 is 2.52 bits per heavy atom. The minimum absolute atomic E-state index is 0.0653. The number of rotatable bonds is 9. The normalized spacial score (nSPS) is 10.4. The summed E-state index contributed by atoms with van der Waals surface area (Å²) in [7, 11) is 0. The summed E-state index contributed by atoms with van der Waals surface area (Å²) in [5.41, 5.74) is 2.42. The van der Waals surface area contributed by atoms with E-state index in [1.165, 1.54) is 11.1 Å². The molecule has 1 aromatic carbocycles. The Bertz CT molecular complexity index is 702. The topological polar surface area (TPSA) is 78.9 Å². The van der Waals surface area contributed by atoms with Crippen molar-refractivity contribution in [2.45, 2.75) is 33.6 Å². The predicted octanol–water partition coefficient (Wildman–Crippen LogP) is 2.69. The molecule has 6 nitrogen and oxygen atoms in total. The monoisotopic (exact) mass is 341 g/mol. The lowest BCUT2D eigenvalue weighted by atomic mass is 10.1. The molecule has 0 radical (unpaired) electrons. The number of amides is 1. The standard InChI is InChI=1S/C19H27N5O/c1-4-20-17-13-18(24-15(3)23-17)21-10-11-22-19(25)9-8-16-7-5-6-14(2)12-16/h5-7,12-13H,4,8-11H2,1-3H3,(H,22,25)(H2,20,21,23,24). The Balaban J connectivity index is 1.69. The van der Waals surface area contributed by atoms with E-state index in [2.05, 4.69) is 51.0 Å². The van der Waals surface area contributed by atoms with Gasteiger partial charge in [-0.15, -0.1) is 0 Å². The fourth-order valence-electron chi connectivity index (χ4n) is 2.54. The number of anilines is 2. The average molecular weight is 341 g/mol. The first-order chi connectivity index (χ1) is 12.1. The second-order valence-electron chi connectivity index (χ2n) is 5.98. The molecule has 2 aromatic rings. The van der Waals surface area contributed by atoms with E-state index in [4.69, 9.17) is 0 Å². The maximum absolute atomic E-state index is 11.9. The van der Waals surface area contributed by atoms with Crippen molar-refractivity contribution in [2.75, 3.05) is 30.3 Å². The van der Waals surface area contributed by atoms with Crippen LogP contribution in [0.5, 0.6) is 0 Å². The van der Waals surface area contributed by atoms with E-state index in [9.17, 15) is 4.79 Å². The summed E-state index contributed by atoms with van der Waals surface area (Å²) < 4.78 is 0. The Kier molecular flexibility index (Phi) is 7.19. The van der Waals surface area contributed by atoms with E-state index in [1.54, 1.807) is 0 Å². The molecule has 134 valence electrons. The molecule has 0 aliphatic rings. The Morgan fingerprint density at radius 2 is 1.80 bits per heavy atom. The molecule has 25 heavy (non-hydrogen) atoms. The van der Waals surface area contributed by atoms with E-state index in [-0.39, 0.29) is 5.91 Å². The van der Waals surface area contributed by atoms with Crippen LogP contribution in [0.1, 0.15) is 30.3 Å². The first-order valence-corrected chi connectivity index (χ1v) is 8.72. The van der Waals surface area contributed by atoms with Gasteiger partial charge in [-0.3, -0.25) is 4.79 Å². The van der Waals surface area contributed by atoms with Gasteiger partial charge in [0.2, 0.25) is 5.91 Å². The Morgan fingerprint density at radius 1 is 1.04 bits per heavy atom. The SMILES string of the molecule is CCNc1cc(NCCNC(=O)CCc2cccc(C)c2)nc(C)n1. The number of aryl methyl sites for hydroxylation is 3. The largest absolute Gasteiger partial charge is 0.370 e. The van der Waals surface area contributed by atoms with Crippen molar-refractivity contribution in [1.29, 1.82) is 0 Å². The number of hydrogen-bond acceptors (Lipinski definition) is 5. The number of nitrogens with zero attached hydrogens (tertiary/aromatic N) is 2. The van der Waals surface area contributed by atoms with Gasteiger partial charge in [-0.05, 0) is 32.8 Å². The number of carbonyl (C=O) groups is 1. The lowest BCUT2D eigenvalue weighted by molar-refractivity contribution is -0.120. The molecule has 6 heteroatoms. The van der Waals surface area contributed by atoms with Crippen molar-refractivity contribution in [3.63, 3.8) is 0 Å². The van der Waals surface area contributed by atoms with Crippen molar-refractivity contribution in [1.82, 2.24) is 15.3 Å². The van der Waals surface area contributed by atoms with Gasteiger partial charge in [-0.25, -0.2) is 9.97 Å². The van der Waals surface area contributed by atoms with Gasteiger partial charge in [-0.2, -0.15) is 0 Å². The van der Waals surface area contributed by atoms with Crippen molar-refractivity contribution in [2.24, 2.45) is 0 Å². The summed E-state index contributed by atoms with van der Waals surface area (Å²) in [5.74, 6) is 2.34. The molecular formula is C19H27N5O. The van der Waals surface area contributed by atoms with Crippen molar-refractivity contribution >= 4 is 17.5 Å². The predicted molar refractivity (Wildman–Crippen MR) is 102 cm³/mol. The molecule has 0 unspecified atom stereocenters. The molecule has 2 rings (SSSR count). The first kappa shape index (κ1) is 18.7. The second kappa shape index (κ2) is 9.61. The quantitative estimate of drug-likeness (QED) is 0.611. The number of aromatic nitrogens is 2. The zero-order valence-corrected chi connectivity index (χ0v) is 15.2. The Labute approximate surface area is 149 Å². The van der Waals surface area contributed by atoms with Crippen LogP contribution < -0.4 is 16.0 Å². The van der Waals surface area contributed by atoms with Crippen LogP contribution in [0.3, 0.4) is 0 Å². The lowest BCUT2D eigenvalue weighted by Crippen LogP contribution is -2.29. The van der Waals surface area contributed by atoms with Crippen LogP contribution in [0, 0.1) is 13.8 Å². The van der Waals surface area contributed by atoms with Crippen molar-refractivity contribution in [3.8, 4) is 0 Å². The minimum atomic E-state index is 0.0653. The molecule has 0 saturated carbocycles. The van der Waals surface area contributed by atoms with E-state index in [1.807, 2.05) is 26.0 Å². The fraction of sp³-hybridized carbons (Fsp3) is 0.421. The van der Waals surface area contributed by atoms with E-state index < -0.39 is 0 Å². The van der Waals surface area contributed by atoms with Gasteiger partial charge in [-0.1, -0.05) is 29.8 Å². The summed E-state index contributed by atoms with van der Waals surface area (Å²) in [6.07, 6.45) is 1.26. The molecule has 0 atom stereocenters. The fourth-order valence-corrected chi connectivity index (χ4v) is 2.54. The van der Waals surface area contributed by atoms with Crippen molar-refractivity contribution in [3.05, 3.63) is 47.3 Å². The van der Waals surface area contributed by atoms with E-state index in [0.717, 1.165) is 24.6 Å². The highest BCUT2D eigenvalue weighted by Crippen LogP contribution is 2.10. The molecule has 3 N–H and O–H groups in total. The zero-order chi connectivity index (χ0) is 18.1. The van der Waals surface area contributed by atoms with Gasteiger partial charge in [0.25, 0.3) is 0 Å². The van der Waals surface area contributed by atoms with Gasteiger partial charge >= 0.3 is 0 Å². The van der Waals surface area contributed by atoms with Gasteiger partial charge in [0.15, 0.2) is 0 Å². The highest BCUT2D eigenvalue weighted by Gasteiger charge is 2.03. The first-order valence-electron chi connectivity index (χ1n) is 8.72. The van der Waals surface area contributed by atoms with Crippen molar-refractivity contribution < 1.29 is 4.79 Å². The number of hydrogen-bond donors (Lipinski definition) is 3. The highest BCUT2D eigenvalue weighted by atomic mass is 16.1. The van der Waals surface area contributed by atoms with Crippen LogP contribution in [-0.4, -0.2) is 35.5 Å². The van der Waals surface area contributed by atoms with E-state index >= 15 is 0 Å². The summed E-state index contributed by atoms with van der Waals surface area (Å²) in [4.78, 5) is 20.6. The van der Waals surface area contributed by atoms with Crippen LogP contribution in [0.15, 0.2) is 30.3 Å². The van der Waals surface area contributed by atoms with E-state index in [0.29, 0.717) is 25.3 Å². The van der Waals surface area contributed by atoms with Gasteiger partial charge in [0.1, 0.15) is 17.5 Å². The third-order valence-electron chi connectivity index (χ3n) is 3.67. The smallest absolute Gasteiger partial charge is 0.220 e. The molecule has 0 saturated heterocycles. The molecule has 1 amide bonds. The molecule has 0 aliphatic carbocycles. The number of benzene rings is 1. The van der Waals surface area contributed by atoms with Crippen LogP contribution >= 0.6 is 0 Å². The molecule has 1 heterocycles. The molecule has 0 bridgehead atoms. The van der Waals surface area contributed by atoms with Gasteiger partial charge in [0.05, 0.1) is 0 Å². The third-order valence-corrected chi connectivity index (χ3v) is 3.67. The third kappa shape index (κ3) is 6.79. The van der Waals surface area contributed by atoms with Crippen LogP contribution in [0.2, 0.25) is 0 Å². The maximum atomic E-state index is 11.9. The summed E-state index contributed by atoms with van der Waals surface area (Å²) in [6.45, 7) is 7.94. The molecule has 0 spiro atoms. The molecular weight excluding hydrogens is 314 g/mol. The van der Waals surface area contributed by atoms with Gasteiger partial charge < -0.3 is 16.0 Å². The molecule has 1 aromatic heterocycles. The van der Waals surface area contributed by atoms with Crippen LogP contribution in [0.25, 0.3) is 0 Å². The summed E-state index contributed by atoms with van der Waals surface area (Å²) >= 11 is 0. The summed E-state index contributed by atoms with van der Waals surface area (Å²) in [5, 5.41) is 9.32. The second-order valence-corrected chi connectivity index (χ2v) is 5.98. The molecule has 0 fully saturated rings. The van der Waals surface area contributed by atoms with Gasteiger partial charge in [0, 0.05) is 32.1 Å². The lowest BCUT2D eigenvalue weighted by Gasteiger charge is -2.10. The number of carbonyl (C=O) groups excluding carboxylic acids is 1. The Hall–Kier alpha value is -2.63. The average Bonchev–Trinajstić information content (AvgIpc) is 2.57. The maximum Gasteiger partial charge on any atom is 0.220 e. The number of nitrogens with one attached hydrogen (secondary N) is 3. The summed E-state index contributed by atoms with van der Waals surface area (Å²) in [6, 6.07) is 10.1. The van der Waals surface area contributed by atoms with Crippen LogP contribution in [-0.2, 0) is 11.2 Å². The zero-order valence-electron chi connectivity index (χ0n) is 15.2. The molecule has 0 aliphatic heterocycles. The van der Waals surface area contributed by atoms with Crippen LogP contribution in [0.4, 0.5) is 11.6 Å².